The Balaban J connectivity index is 1.05. The van der Waals surface area contributed by atoms with Gasteiger partial charge >= 0.3 is 6.01 Å². The van der Waals surface area contributed by atoms with Crippen molar-refractivity contribution in [2.45, 2.75) is 31.0 Å². The maximum Gasteiger partial charge on any atom is 0.319 e. The molecule has 13 heteroatoms. The van der Waals surface area contributed by atoms with Crippen LogP contribution in [-0.2, 0) is 9.53 Å². The van der Waals surface area contributed by atoms with Gasteiger partial charge in [0.1, 0.15) is 29.8 Å². The number of carbonyl (C=O) groups excluding carboxylic acids is 1. The zero-order valence-corrected chi connectivity index (χ0v) is 29.5. The summed E-state index contributed by atoms with van der Waals surface area (Å²) >= 11 is 6.62. The molecule has 1 amide bonds. The minimum absolute atomic E-state index is 0.000405. The van der Waals surface area contributed by atoms with Crippen molar-refractivity contribution in [3.05, 3.63) is 65.6 Å². The maximum atomic E-state index is 16.8. The van der Waals surface area contributed by atoms with Crippen molar-refractivity contribution in [2.24, 2.45) is 5.92 Å². The fourth-order valence-corrected chi connectivity index (χ4v) is 8.52. The highest BCUT2D eigenvalue weighted by Crippen LogP contribution is 2.41. The van der Waals surface area contributed by atoms with Gasteiger partial charge in [-0.15, -0.1) is 0 Å². The average Bonchev–Trinajstić information content (AvgIpc) is 3.64. The van der Waals surface area contributed by atoms with Crippen molar-refractivity contribution in [1.29, 1.82) is 0 Å². The number of alkyl halides is 1. The first-order valence-corrected chi connectivity index (χ1v) is 18.2. The lowest BCUT2D eigenvalue weighted by atomic mass is 9.95. The van der Waals surface area contributed by atoms with Gasteiger partial charge < -0.3 is 19.3 Å². The van der Waals surface area contributed by atoms with Crippen LogP contribution in [0.2, 0.25) is 5.02 Å². The number of morpholine rings is 1. The molecule has 1 unspecified atom stereocenters. The molecule has 268 valence electrons. The van der Waals surface area contributed by atoms with Crippen molar-refractivity contribution < 1.29 is 23.0 Å². The van der Waals surface area contributed by atoms with Crippen LogP contribution in [0, 0.1) is 11.7 Å². The number of fused-ring (bicyclic) bond motifs is 3. The number of carbonyl (C=O) groups is 1. The molecule has 0 aliphatic carbocycles. The predicted molar refractivity (Wildman–Crippen MR) is 194 cm³/mol. The quantitative estimate of drug-likeness (QED) is 0.201. The molecule has 4 aliphatic rings. The molecule has 0 saturated carbocycles. The molecule has 4 fully saturated rings. The molecular formula is C38H42ClF2N7O3. The Labute approximate surface area is 301 Å². The number of hydrogen-bond acceptors (Lipinski definition) is 9. The summed E-state index contributed by atoms with van der Waals surface area (Å²) in [7, 11) is 1.90. The molecule has 0 bridgehead atoms. The van der Waals surface area contributed by atoms with E-state index in [0.29, 0.717) is 59.8 Å². The topological polar surface area (TPSA) is 87.2 Å². The number of nitrogens with zero attached hydrogens (tertiary/aromatic N) is 7. The zero-order valence-electron chi connectivity index (χ0n) is 28.7. The Kier molecular flexibility index (Phi) is 9.51. The van der Waals surface area contributed by atoms with Gasteiger partial charge in [-0.3, -0.25) is 19.6 Å². The lowest BCUT2D eigenvalue weighted by molar-refractivity contribution is -0.131. The van der Waals surface area contributed by atoms with Crippen molar-refractivity contribution in [3.8, 4) is 17.3 Å². The Bertz CT molecular complexity index is 1970. The predicted octanol–water partition coefficient (Wildman–Crippen LogP) is 5.38. The van der Waals surface area contributed by atoms with Crippen LogP contribution in [0.3, 0.4) is 0 Å². The Morgan fingerprint density at radius 2 is 1.94 bits per heavy atom. The van der Waals surface area contributed by atoms with E-state index in [4.69, 9.17) is 26.1 Å². The molecule has 6 heterocycles. The molecule has 2 aromatic carbocycles. The van der Waals surface area contributed by atoms with E-state index in [-0.39, 0.29) is 35.7 Å². The smallest absolute Gasteiger partial charge is 0.319 e. The van der Waals surface area contributed by atoms with Crippen LogP contribution < -0.4 is 9.64 Å². The first kappa shape index (κ1) is 34.1. The molecule has 4 saturated heterocycles. The largest absolute Gasteiger partial charge is 0.461 e. The lowest BCUT2D eigenvalue weighted by Crippen LogP contribution is -2.53. The number of anilines is 1. The zero-order chi connectivity index (χ0) is 35.1. The summed E-state index contributed by atoms with van der Waals surface area (Å²) in [6, 6.07) is 11.2. The number of aromatic nitrogens is 3. The third kappa shape index (κ3) is 6.74. The van der Waals surface area contributed by atoms with E-state index in [1.807, 2.05) is 47.2 Å². The van der Waals surface area contributed by atoms with Crippen LogP contribution in [-0.4, -0.2) is 126 Å². The van der Waals surface area contributed by atoms with E-state index in [0.717, 1.165) is 57.6 Å². The van der Waals surface area contributed by atoms with Crippen LogP contribution in [0.25, 0.3) is 32.9 Å². The number of likely N-dealkylation sites (tertiary alicyclic amines) is 1. The number of pyridine rings is 1. The van der Waals surface area contributed by atoms with Crippen molar-refractivity contribution >= 4 is 45.0 Å². The van der Waals surface area contributed by atoms with Gasteiger partial charge in [0.05, 0.1) is 24.1 Å². The molecule has 4 aromatic rings. The van der Waals surface area contributed by atoms with E-state index in [2.05, 4.69) is 19.8 Å². The maximum absolute atomic E-state index is 16.8. The molecule has 0 radical (unpaired) electrons. The minimum Gasteiger partial charge on any atom is -0.461 e. The van der Waals surface area contributed by atoms with Gasteiger partial charge in [-0.25, -0.2) is 8.78 Å². The molecule has 2 atom stereocenters. The van der Waals surface area contributed by atoms with Crippen LogP contribution >= 0.6 is 11.6 Å². The number of benzene rings is 2. The van der Waals surface area contributed by atoms with Crippen molar-refractivity contribution in [2.75, 3.05) is 84.1 Å². The highest BCUT2D eigenvalue weighted by molar-refractivity contribution is 6.36. The third-order valence-corrected chi connectivity index (χ3v) is 11.2. The molecule has 2 aromatic heterocycles. The summed E-state index contributed by atoms with van der Waals surface area (Å²) in [5, 5.41) is 2.52. The van der Waals surface area contributed by atoms with E-state index in [9.17, 15) is 9.18 Å². The second kappa shape index (κ2) is 14.2. The molecule has 0 spiro atoms. The number of ether oxygens (including phenoxy) is 2. The van der Waals surface area contributed by atoms with Gasteiger partial charge in [-0.05, 0) is 30.8 Å². The Morgan fingerprint density at radius 3 is 2.76 bits per heavy atom. The Hall–Kier alpha value is -3.97. The first-order valence-electron chi connectivity index (χ1n) is 17.8. The van der Waals surface area contributed by atoms with E-state index >= 15 is 4.39 Å². The molecule has 8 rings (SSSR count). The number of halogens is 3. The van der Waals surface area contributed by atoms with Crippen LogP contribution in [0.15, 0.2) is 54.7 Å². The van der Waals surface area contributed by atoms with Crippen LogP contribution in [0.5, 0.6) is 6.01 Å². The van der Waals surface area contributed by atoms with Gasteiger partial charge in [0.2, 0.25) is 5.91 Å². The molecule has 4 aliphatic heterocycles. The van der Waals surface area contributed by atoms with E-state index < -0.39 is 17.5 Å². The number of rotatable bonds is 10. The highest BCUT2D eigenvalue weighted by Gasteiger charge is 2.49. The van der Waals surface area contributed by atoms with Gasteiger partial charge in [-0.1, -0.05) is 48.0 Å². The summed E-state index contributed by atoms with van der Waals surface area (Å²) in [6.45, 7) is 7.17. The van der Waals surface area contributed by atoms with Crippen molar-refractivity contribution in [3.63, 3.8) is 0 Å². The fraction of sp³-hybridized carbons (Fsp3) is 0.474. The molecular weight excluding hydrogens is 676 g/mol. The summed E-state index contributed by atoms with van der Waals surface area (Å²) in [6.07, 6.45) is 6.50. The monoisotopic (exact) mass is 717 g/mol. The van der Waals surface area contributed by atoms with Gasteiger partial charge in [0.15, 0.2) is 5.82 Å². The highest BCUT2D eigenvalue weighted by atomic mass is 35.5. The standard InChI is InChI=1S/C38H42ClF2N7O3/c1-45(20-25-21-47(22-25)31(49)10-4-12-46-14-16-50-17-15-46)36-29-19-42-34(28-8-2-6-26-7-3-9-30(39)32(26)28)33(41)35(29)43-37(44-36)51-24-38-11-5-13-48(38)23-27(40)18-38/h2-4,6-10,19,25,27H,5,11-18,20-24H2,1H3/b10-4+/t27-,38?/m1/s1. The van der Waals surface area contributed by atoms with Crippen molar-refractivity contribution in [1.82, 2.24) is 29.7 Å². The fourth-order valence-electron chi connectivity index (χ4n) is 8.24. The first-order chi connectivity index (χ1) is 24.8. The third-order valence-electron chi connectivity index (χ3n) is 10.9. The summed E-state index contributed by atoms with van der Waals surface area (Å²) < 4.78 is 43.0. The molecule has 10 nitrogen and oxygen atoms in total. The SMILES string of the molecule is CN(CC1CN(C(=O)/C=C/CN2CCOCC2)C1)c1nc(OCC23CCCN2C[C@H](F)C3)nc2c(F)c(-c3cccc4cccc(Cl)c34)ncc12. The minimum atomic E-state index is -0.902. The van der Waals surface area contributed by atoms with E-state index in [1.165, 1.54) is 0 Å². The van der Waals surface area contributed by atoms with Gasteiger partial charge in [0.25, 0.3) is 0 Å². The lowest BCUT2D eigenvalue weighted by Gasteiger charge is -2.40. The summed E-state index contributed by atoms with van der Waals surface area (Å²) in [4.78, 5) is 35.1. The number of amides is 1. The van der Waals surface area contributed by atoms with Gasteiger partial charge in [0, 0.05) is 93.4 Å². The summed E-state index contributed by atoms with van der Waals surface area (Å²) in [5.74, 6) is 0.0772. The second-order valence-corrected chi connectivity index (χ2v) is 14.7. The van der Waals surface area contributed by atoms with Crippen LogP contribution in [0.1, 0.15) is 19.3 Å². The summed E-state index contributed by atoms with van der Waals surface area (Å²) in [5.41, 5.74) is 0.365. The normalized spacial score (nSPS) is 23.0. The second-order valence-electron chi connectivity index (χ2n) is 14.3. The van der Waals surface area contributed by atoms with E-state index in [1.54, 1.807) is 24.4 Å². The number of hydrogen-bond donors (Lipinski definition) is 0. The van der Waals surface area contributed by atoms with Gasteiger partial charge in [-0.2, -0.15) is 9.97 Å². The van der Waals surface area contributed by atoms with Crippen LogP contribution in [0.4, 0.5) is 14.6 Å². The molecule has 0 N–H and O–H groups in total. The average molecular weight is 718 g/mol. The Morgan fingerprint density at radius 1 is 1.14 bits per heavy atom. The molecule has 51 heavy (non-hydrogen) atoms.